The van der Waals surface area contributed by atoms with Gasteiger partial charge in [-0.3, -0.25) is 13.9 Å². The van der Waals surface area contributed by atoms with Crippen LogP contribution in [-0.2, 0) is 26.0 Å². The lowest BCUT2D eigenvalue weighted by Crippen LogP contribution is -2.52. The highest BCUT2D eigenvalue weighted by atomic mass is 32.2. The number of sulfonamides is 1. The van der Waals surface area contributed by atoms with Gasteiger partial charge in [0.05, 0.1) is 17.2 Å². The third-order valence-corrected chi connectivity index (χ3v) is 8.03. The SMILES string of the molecule is CCCNC(=O)[C@H](C)N(CCc1ccccc1)C(=O)CN(c1ccccc1)S(=O)(=O)c1ccc(OCC)cc1. The summed E-state index contributed by atoms with van der Waals surface area (Å²) in [5.74, 6) is -0.194. The number of hydrogen-bond acceptors (Lipinski definition) is 5. The number of rotatable bonds is 14. The van der Waals surface area contributed by atoms with Crippen molar-refractivity contribution in [1.82, 2.24) is 10.2 Å². The van der Waals surface area contributed by atoms with Crippen molar-refractivity contribution in [2.24, 2.45) is 0 Å². The summed E-state index contributed by atoms with van der Waals surface area (Å²) in [5, 5.41) is 2.85. The lowest BCUT2D eigenvalue weighted by molar-refractivity contribution is -0.138. The first-order valence-electron chi connectivity index (χ1n) is 13.2. The Morgan fingerprint density at radius 3 is 2.10 bits per heavy atom. The van der Waals surface area contributed by atoms with Gasteiger partial charge in [0.2, 0.25) is 11.8 Å². The number of carbonyl (C=O) groups excluding carboxylic acids is 2. The van der Waals surface area contributed by atoms with E-state index in [0.29, 0.717) is 31.0 Å². The number of nitrogens with zero attached hydrogens (tertiary/aromatic N) is 2. The molecule has 3 rings (SSSR count). The molecule has 39 heavy (non-hydrogen) atoms. The molecule has 3 aromatic carbocycles. The fourth-order valence-corrected chi connectivity index (χ4v) is 5.50. The number of carbonyl (C=O) groups is 2. The Morgan fingerprint density at radius 2 is 1.51 bits per heavy atom. The molecule has 1 N–H and O–H groups in total. The van der Waals surface area contributed by atoms with Gasteiger partial charge in [0.25, 0.3) is 10.0 Å². The molecule has 0 unspecified atom stereocenters. The second-order valence-corrected chi connectivity index (χ2v) is 10.9. The Bertz CT molecular complexity index is 1300. The number of ether oxygens (including phenoxy) is 1. The molecule has 0 heterocycles. The summed E-state index contributed by atoms with van der Waals surface area (Å²) >= 11 is 0. The van der Waals surface area contributed by atoms with Crippen LogP contribution in [0, 0.1) is 0 Å². The van der Waals surface area contributed by atoms with Crippen molar-refractivity contribution in [2.45, 2.75) is 44.6 Å². The average molecular weight is 552 g/mol. The van der Waals surface area contributed by atoms with Crippen LogP contribution in [0.5, 0.6) is 5.75 Å². The fourth-order valence-electron chi connectivity index (χ4n) is 4.09. The number of amides is 2. The Kier molecular flexibility index (Phi) is 10.9. The number of anilines is 1. The van der Waals surface area contributed by atoms with Crippen molar-refractivity contribution < 1.29 is 22.7 Å². The van der Waals surface area contributed by atoms with Crippen molar-refractivity contribution in [2.75, 3.05) is 30.5 Å². The minimum atomic E-state index is -4.11. The summed E-state index contributed by atoms with van der Waals surface area (Å²) in [6.45, 7) is 6.22. The highest BCUT2D eigenvalue weighted by molar-refractivity contribution is 7.92. The maximum Gasteiger partial charge on any atom is 0.264 e. The maximum absolute atomic E-state index is 13.8. The minimum Gasteiger partial charge on any atom is -0.494 e. The van der Waals surface area contributed by atoms with Gasteiger partial charge in [-0.2, -0.15) is 0 Å². The molecular weight excluding hydrogens is 514 g/mol. The van der Waals surface area contributed by atoms with Crippen LogP contribution in [0.3, 0.4) is 0 Å². The van der Waals surface area contributed by atoms with E-state index in [2.05, 4.69) is 5.32 Å². The van der Waals surface area contributed by atoms with Gasteiger partial charge in [0.1, 0.15) is 18.3 Å². The Labute approximate surface area is 231 Å². The monoisotopic (exact) mass is 551 g/mol. The van der Waals surface area contributed by atoms with Crippen LogP contribution in [0.4, 0.5) is 5.69 Å². The van der Waals surface area contributed by atoms with E-state index >= 15 is 0 Å². The van der Waals surface area contributed by atoms with E-state index in [1.807, 2.05) is 44.2 Å². The molecule has 3 aromatic rings. The summed E-state index contributed by atoms with van der Waals surface area (Å²) < 4.78 is 34.2. The van der Waals surface area contributed by atoms with E-state index in [4.69, 9.17) is 4.74 Å². The van der Waals surface area contributed by atoms with Crippen molar-refractivity contribution in [3.05, 3.63) is 90.5 Å². The average Bonchev–Trinajstić information content (AvgIpc) is 2.96. The van der Waals surface area contributed by atoms with Crippen molar-refractivity contribution >= 4 is 27.5 Å². The number of benzene rings is 3. The molecule has 0 saturated heterocycles. The summed E-state index contributed by atoms with van der Waals surface area (Å²) in [4.78, 5) is 28.2. The number of nitrogens with one attached hydrogen (secondary N) is 1. The lowest BCUT2D eigenvalue weighted by Gasteiger charge is -2.32. The van der Waals surface area contributed by atoms with Gasteiger partial charge in [0.15, 0.2) is 0 Å². The zero-order chi connectivity index (χ0) is 28.3. The molecule has 0 spiro atoms. The second kappa shape index (κ2) is 14.3. The minimum absolute atomic E-state index is 0.0344. The summed E-state index contributed by atoms with van der Waals surface area (Å²) in [6.07, 6.45) is 1.29. The van der Waals surface area contributed by atoms with Crippen LogP contribution in [0.15, 0.2) is 89.8 Å². The first kappa shape index (κ1) is 29.7. The third-order valence-electron chi connectivity index (χ3n) is 6.25. The molecule has 0 fully saturated rings. The molecule has 0 saturated carbocycles. The highest BCUT2D eigenvalue weighted by Crippen LogP contribution is 2.25. The molecule has 0 aliphatic carbocycles. The van der Waals surface area contributed by atoms with E-state index in [9.17, 15) is 18.0 Å². The molecule has 208 valence electrons. The van der Waals surface area contributed by atoms with E-state index in [1.165, 1.54) is 17.0 Å². The maximum atomic E-state index is 13.8. The van der Waals surface area contributed by atoms with Gasteiger partial charge in [-0.05, 0) is 68.7 Å². The van der Waals surface area contributed by atoms with Crippen LogP contribution in [0.1, 0.15) is 32.8 Å². The van der Waals surface area contributed by atoms with Crippen molar-refractivity contribution in [1.29, 1.82) is 0 Å². The molecule has 1 atom stereocenters. The zero-order valence-electron chi connectivity index (χ0n) is 22.7. The lowest BCUT2D eigenvalue weighted by atomic mass is 10.1. The van der Waals surface area contributed by atoms with Gasteiger partial charge in [-0.15, -0.1) is 0 Å². The molecular formula is C30H37N3O5S. The van der Waals surface area contributed by atoms with Crippen LogP contribution >= 0.6 is 0 Å². The standard InChI is InChI=1S/C30H37N3O5S/c1-4-21-31-30(35)24(3)32(22-20-25-12-8-6-9-13-25)29(34)23-33(26-14-10-7-11-15-26)39(36,37)28-18-16-27(17-19-28)38-5-2/h6-19,24H,4-5,20-23H2,1-3H3,(H,31,35)/t24-/m0/s1. The zero-order valence-corrected chi connectivity index (χ0v) is 23.6. The summed E-state index contributed by atoms with van der Waals surface area (Å²) in [5.41, 5.74) is 1.37. The molecule has 2 amide bonds. The summed E-state index contributed by atoms with van der Waals surface area (Å²) in [7, 11) is -4.11. The van der Waals surface area contributed by atoms with Crippen LogP contribution in [0.2, 0.25) is 0 Å². The van der Waals surface area contributed by atoms with Crippen LogP contribution in [-0.4, -0.2) is 57.4 Å². The normalized spacial score (nSPS) is 11.9. The topological polar surface area (TPSA) is 96.0 Å². The Balaban J connectivity index is 1.93. The second-order valence-electron chi connectivity index (χ2n) is 9.04. The van der Waals surface area contributed by atoms with Crippen LogP contribution < -0.4 is 14.4 Å². The highest BCUT2D eigenvalue weighted by Gasteiger charge is 2.32. The molecule has 0 aliphatic heterocycles. The predicted molar refractivity (Wildman–Crippen MR) is 153 cm³/mol. The molecule has 0 bridgehead atoms. The van der Waals surface area contributed by atoms with E-state index < -0.39 is 28.5 Å². The van der Waals surface area contributed by atoms with E-state index in [-0.39, 0.29) is 17.3 Å². The quantitative estimate of drug-likeness (QED) is 0.323. The van der Waals surface area contributed by atoms with Gasteiger partial charge < -0.3 is 15.0 Å². The van der Waals surface area contributed by atoms with E-state index in [1.54, 1.807) is 49.4 Å². The number of hydrogen-bond donors (Lipinski definition) is 1. The summed E-state index contributed by atoms with van der Waals surface area (Å²) in [6, 6.07) is 23.5. The largest absolute Gasteiger partial charge is 0.494 e. The van der Waals surface area contributed by atoms with Gasteiger partial charge in [-0.1, -0.05) is 55.5 Å². The predicted octanol–water partition coefficient (Wildman–Crippen LogP) is 4.27. The fraction of sp³-hybridized carbons (Fsp3) is 0.333. The van der Waals surface area contributed by atoms with E-state index in [0.717, 1.165) is 16.3 Å². The first-order chi connectivity index (χ1) is 18.8. The van der Waals surface area contributed by atoms with Crippen molar-refractivity contribution in [3.8, 4) is 5.75 Å². The molecule has 9 heteroatoms. The Morgan fingerprint density at radius 1 is 0.897 bits per heavy atom. The molecule has 0 radical (unpaired) electrons. The van der Waals surface area contributed by atoms with Gasteiger partial charge >= 0.3 is 0 Å². The van der Waals surface area contributed by atoms with Gasteiger partial charge in [0, 0.05) is 13.1 Å². The van der Waals surface area contributed by atoms with Gasteiger partial charge in [-0.25, -0.2) is 8.42 Å². The molecule has 0 aromatic heterocycles. The molecule has 0 aliphatic rings. The smallest absolute Gasteiger partial charge is 0.264 e. The Hall–Kier alpha value is -3.85. The molecule has 8 nitrogen and oxygen atoms in total. The number of para-hydroxylation sites is 1. The first-order valence-corrected chi connectivity index (χ1v) is 14.6. The van der Waals surface area contributed by atoms with Crippen LogP contribution in [0.25, 0.3) is 0 Å². The third kappa shape index (κ3) is 8.07. The van der Waals surface area contributed by atoms with Crippen molar-refractivity contribution in [3.63, 3.8) is 0 Å².